The largest absolute Gasteiger partial charge is 0.366 e. The lowest BCUT2D eigenvalue weighted by molar-refractivity contribution is 0.1000. The zero-order valence-electron chi connectivity index (χ0n) is 22.1. The Balaban J connectivity index is 1.92. The highest BCUT2D eigenvalue weighted by molar-refractivity contribution is 6.02. The minimum atomic E-state index is -0.905. The maximum atomic E-state index is 14.9. The van der Waals surface area contributed by atoms with Crippen LogP contribution < -0.4 is 26.6 Å². The molecule has 9 nitrogen and oxygen atoms in total. The molecule has 39 heavy (non-hydrogen) atoms. The highest BCUT2D eigenvalue weighted by atomic mass is 19.1. The van der Waals surface area contributed by atoms with Crippen molar-refractivity contribution < 1.29 is 18.4 Å². The SMILES string of the molecule is CCCCc1ccc(C(N)=O)cc1-c1nc(NCCCNCC)nc2c1CNC(=O)N2c1c(F)cccc1F. The number of urea groups is 1. The predicted octanol–water partition coefficient (Wildman–Crippen LogP) is 4.64. The van der Waals surface area contributed by atoms with Crippen molar-refractivity contribution >= 4 is 29.4 Å². The molecule has 206 valence electrons. The van der Waals surface area contributed by atoms with Gasteiger partial charge in [-0.05, 0) is 62.2 Å². The molecular weight excluding hydrogens is 504 g/mol. The number of unbranched alkanes of at least 4 members (excludes halogenated alkanes) is 1. The van der Waals surface area contributed by atoms with Crippen molar-refractivity contribution in [3.63, 3.8) is 0 Å². The van der Waals surface area contributed by atoms with Crippen LogP contribution in [0.1, 0.15) is 54.6 Å². The number of para-hydroxylation sites is 1. The van der Waals surface area contributed by atoms with Crippen LogP contribution in [0.4, 0.5) is 31.0 Å². The van der Waals surface area contributed by atoms with E-state index in [4.69, 9.17) is 10.7 Å². The fourth-order valence-corrected chi connectivity index (χ4v) is 4.50. The lowest BCUT2D eigenvalue weighted by Gasteiger charge is -2.31. The fourth-order valence-electron chi connectivity index (χ4n) is 4.50. The van der Waals surface area contributed by atoms with Crippen LogP contribution in [0.5, 0.6) is 0 Å². The Kier molecular flexibility index (Phi) is 9.03. The summed E-state index contributed by atoms with van der Waals surface area (Å²) >= 11 is 0. The van der Waals surface area contributed by atoms with Gasteiger partial charge in [0.15, 0.2) is 5.82 Å². The van der Waals surface area contributed by atoms with Gasteiger partial charge in [0, 0.05) is 23.2 Å². The molecule has 5 N–H and O–H groups in total. The number of aryl methyl sites for hydroxylation is 1. The molecule has 0 saturated carbocycles. The Labute approximate surface area is 226 Å². The maximum Gasteiger partial charge on any atom is 0.328 e. The Morgan fingerprint density at radius 3 is 2.56 bits per heavy atom. The highest BCUT2D eigenvalue weighted by Crippen LogP contribution is 2.39. The molecule has 2 heterocycles. The summed E-state index contributed by atoms with van der Waals surface area (Å²) < 4.78 is 29.8. The van der Waals surface area contributed by atoms with E-state index < -0.39 is 29.3 Å². The maximum absolute atomic E-state index is 14.9. The number of anilines is 3. The molecule has 0 spiro atoms. The standard InChI is InChI=1S/C28H33F2N7O2/c1-3-5-8-17-11-12-18(25(31)38)15-19(17)23-20-16-34-28(39)37(24-21(29)9-6-10-22(24)30)26(20)36-27(35-23)33-14-7-13-32-4-2/h6,9-12,15,32H,3-5,7-8,13-14,16H2,1-2H3,(H2,31,38)(H,34,39)(H,33,35,36). The van der Waals surface area contributed by atoms with Gasteiger partial charge in [-0.3, -0.25) is 4.79 Å². The summed E-state index contributed by atoms with van der Waals surface area (Å²) in [4.78, 5) is 35.3. The van der Waals surface area contributed by atoms with Gasteiger partial charge >= 0.3 is 6.03 Å². The number of primary amides is 1. The molecule has 0 aliphatic carbocycles. The number of carbonyl (C=O) groups is 2. The van der Waals surface area contributed by atoms with Crippen molar-refractivity contribution in [2.24, 2.45) is 5.73 Å². The van der Waals surface area contributed by atoms with E-state index >= 15 is 0 Å². The molecule has 1 aliphatic rings. The van der Waals surface area contributed by atoms with Gasteiger partial charge < -0.3 is 21.7 Å². The van der Waals surface area contributed by atoms with Crippen LogP contribution in [0.15, 0.2) is 36.4 Å². The van der Waals surface area contributed by atoms with E-state index in [1.165, 1.54) is 6.07 Å². The van der Waals surface area contributed by atoms with E-state index in [-0.39, 0.29) is 18.3 Å². The van der Waals surface area contributed by atoms with Crippen molar-refractivity contribution in [3.05, 3.63) is 64.7 Å². The molecule has 3 aromatic rings. The molecule has 0 bridgehead atoms. The van der Waals surface area contributed by atoms with E-state index in [1.54, 1.807) is 12.1 Å². The molecule has 2 aromatic carbocycles. The van der Waals surface area contributed by atoms with Crippen molar-refractivity contribution in [1.82, 2.24) is 20.6 Å². The van der Waals surface area contributed by atoms with E-state index in [9.17, 15) is 18.4 Å². The van der Waals surface area contributed by atoms with Gasteiger partial charge in [0.25, 0.3) is 0 Å². The lowest BCUT2D eigenvalue weighted by Crippen LogP contribution is -2.43. The summed E-state index contributed by atoms with van der Waals surface area (Å²) in [5.41, 5.74) is 7.86. The van der Waals surface area contributed by atoms with E-state index in [2.05, 4.69) is 27.9 Å². The van der Waals surface area contributed by atoms with Crippen LogP contribution in [0, 0.1) is 11.6 Å². The van der Waals surface area contributed by atoms with Crippen molar-refractivity contribution in [3.8, 4) is 11.3 Å². The number of aromatic nitrogens is 2. The Morgan fingerprint density at radius 1 is 1.10 bits per heavy atom. The number of fused-ring (bicyclic) bond motifs is 1. The Morgan fingerprint density at radius 2 is 1.87 bits per heavy atom. The van der Waals surface area contributed by atoms with Gasteiger partial charge in [-0.2, -0.15) is 4.98 Å². The summed E-state index contributed by atoms with van der Waals surface area (Å²) in [7, 11) is 0. The zero-order valence-corrected chi connectivity index (χ0v) is 22.1. The molecule has 1 aromatic heterocycles. The zero-order chi connectivity index (χ0) is 27.9. The van der Waals surface area contributed by atoms with Crippen molar-refractivity contribution in [1.29, 1.82) is 0 Å². The normalized spacial score (nSPS) is 12.7. The third kappa shape index (κ3) is 6.14. The van der Waals surface area contributed by atoms with Gasteiger partial charge in [-0.25, -0.2) is 23.5 Å². The topological polar surface area (TPSA) is 125 Å². The average Bonchev–Trinajstić information content (AvgIpc) is 2.92. The number of amides is 3. The van der Waals surface area contributed by atoms with Gasteiger partial charge in [0.1, 0.15) is 17.3 Å². The summed E-state index contributed by atoms with van der Waals surface area (Å²) in [5.74, 6) is -2.14. The minimum Gasteiger partial charge on any atom is -0.366 e. The van der Waals surface area contributed by atoms with Crippen LogP contribution in [-0.4, -0.2) is 41.5 Å². The highest BCUT2D eigenvalue weighted by Gasteiger charge is 2.34. The average molecular weight is 538 g/mol. The third-order valence-electron chi connectivity index (χ3n) is 6.49. The van der Waals surface area contributed by atoms with Crippen LogP contribution in [0.25, 0.3) is 11.3 Å². The number of benzene rings is 2. The van der Waals surface area contributed by atoms with Crippen LogP contribution >= 0.6 is 0 Å². The van der Waals surface area contributed by atoms with E-state index in [0.717, 1.165) is 54.9 Å². The number of halogens is 2. The Hall–Kier alpha value is -4.12. The van der Waals surface area contributed by atoms with Crippen LogP contribution in [0.2, 0.25) is 0 Å². The smallest absolute Gasteiger partial charge is 0.328 e. The summed E-state index contributed by atoms with van der Waals surface area (Å²) in [6.45, 7) is 6.27. The molecule has 0 saturated heterocycles. The van der Waals surface area contributed by atoms with Gasteiger partial charge in [0.05, 0.1) is 12.2 Å². The minimum absolute atomic E-state index is 0.0325. The molecule has 11 heteroatoms. The number of hydrogen-bond acceptors (Lipinski definition) is 6. The molecule has 0 unspecified atom stereocenters. The number of rotatable bonds is 12. The summed E-state index contributed by atoms with van der Waals surface area (Å²) in [6, 6.07) is 7.88. The van der Waals surface area contributed by atoms with Crippen LogP contribution in [-0.2, 0) is 13.0 Å². The first-order valence-electron chi connectivity index (χ1n) is 13.2. The van der Waals surface area contributed by atoms with Gasteiger partial charge in [-0.1, -0.05) is 32.4 Å². The summed E-state index contributed by atoms with van der Waals surface area (Å²) in [5, 5.41) is 9.11. The van der Waals surface area contributed by atoms with E-state index in [0.29, 0.717) is 35.3 Å². The number of nitrogens with two attached hydrogens (primary N) is 1. The second-order valence-electron chi connectivity index (χ2n) is 9.24. The lowest BCUT2D eigenvalue weighted by atomic mass is 9.94. The number of nitrogens with zero attached hydrogens (tertiary/aromatic N) is 3. The first-order valence-corrected chi connectivity index (χ1v) is 13.2. The number of hydrogen-bond donors (Lipinski definition) is 4. The second kappa shape index (κ2) is 12.6. The summed E-state index contributed by atoms with van der Waals surface area (Å²) in [6.07, 6.45) is 3.34. The molecule has 0 radical (unpaired) electrons. The monoisotopic (exact) mass is 537 g/mol. The molecule has 1 aliphatic heterocycles. The number of nitrogens with one attached hydrogen (secondary N) is 3. The quantitative estimate of drug-likeness (QED) is 0.250. The predicted molar refractivity (Wildman–Crippen MR) is 147 cm³/mol. The van der Waals surface area contributed by atoms with Crippen molar-refractivity contribution in [2.75, 3.05) is 29.9 Å². The molecule has 4 rings (SSSR count). The Bertz CT molecular complexity index is 1350. The first kappa shape index (κ1) is 27.9. The molecule has 3 amide bonds. The first-order chi connectivity index (χ1) is 18.8. The fraction of sp³-hybridized carbons (Fsp3) is 0.357. The van der Waals surface area contributed by atoms with Gasteiger partial charge in [0.2, 0.25) is 11.9 Å². The third-order valence-corrected chi connectivity index (χ3v) is 6.49. The molecule has 0 fully saturated rings. The number of carbonyl (C=O) groups excluding carboxylic acids is 2. The molecular formula is C28H33F2N7O2. The van der Waals surface area contributed by atoms with Crippen molar-refractivity contribution in [2.45, 2.75) is 46.1 Å². The van der Waals surface area contributed by atoms with Gasteiger partial charge in [-0.15, -0.1) is 0 Å². The second-order valence-corrected chi connectivity index (χ2v) is 9.24. The van der Waals surface area contributed by atoms with Crippen LogP contribution in [0.3, 0.4) is 0 Å². The molecule has 0 atom stereocenters. The van der Waals surface area contributed by atoms with E-state index in [1.807, 2.05) is 13.0 Å².